The van der Waals surface area contributed by atoms with Crippen LogP contribution in [-0.4, -0.2) is 49.5 Å². The van der Waals surface area contributed by atoms with Gasteiger partial charge in [-0.25, -0.2) is 0 Å². The predicted molar refractivity (Wildman–Crippen MR) is 66.7 cm³/mol. The van der Waals surface area contributed by atoms with E-state index in [2.05, 4.69) is 5.32 Å². The fourth-order valence-corrected chi connectivity index (χ4v) is 2.27. The average Bonchev–Trinajstić information content (AvgIpc) is 3.04. The minimum atomic E-state index is -0.875. The summed E-state index contributed by atoms with van der Waals surface area (Å²) in [5, 5.41) is 11.5. The lowest BCUT2D eigenvalue weighted by Crippen LogP contribution is -2.28. The summed E-state index contributed by atoms with van der Waals surface area (Å²) in [6.07, 6.45) is 3.61. The zero-order valence-corrected chi connectivity index (χ0v) is 11.0. The Labute approximate surface area is 112 Å². The fourth-order valence-electron chi connectivity index (χ4n) is 2.27. The Balaban J connectivity index is 1.44. The first kappa shape index (κ1) is 14.3. The molecule has 1 aliphatic carbocycles. The second kappa shape index (κ2) is 6.86. The van der Waals surface area contributed by atoms with Gasteiger partial charge >= 0.3 is 5.97 Å². The third kappa shape index (κ3) is 4.47. The summed E-state index contributed by atoms with van der Waals surface area (Å²) in [6.45, 7) is 2.58. The van der Waals surface area contributed by atoms with Crippen molar-refractivity contribution in [2.75, 3.05) is 26.4 Å². The van der Waals surface area contributed by atoms with Crippen LogP contribution in [0.3, 0.4) is 0 Å². The molecule has 1 saturated heterocycles. The third-order valence-electron chi connectivity index (χ3n) is 3.54. The van der Waals surface area contributed by atoms with Gasteiger partial charge in [-0.15, -0.1) is 0 Å². The number of amides is 1. The van der Waals surface area contributed by atoms with Gasteiger partial charge in [-0.3, -0.25) is 9.59 Å². The molecule has 1 saturated carbocycles. The van der Waals surface area contributed by atoms with E-state index in [1.165, 1.54) is 0 Å². The largest absolute Gasteiger partial charge is 0.481 e. The maximum absolute atomic E-state index is 11.5. The molecule has 0 aromatic carbocycles. The average molecular weight is 271 g/mol. The van der Waals surface area contributed by atoms with Gasteiger partial charge in [0.15, 0.2) is 0 Å². The molecule has 0 spiro atoms. The van der Waals surface area contributed by atoms with Crippen LogP contribution in [0.5, 0.6) is 0 Å². The van der Waals surface area contributed by atoms with Crippen molar-refractivity contribution in [3.63, 3.8) is 0 Å². The second-order valence-corrected chi connectivity index (χ2v) is 5.14. The van der Waals surface area contributed by atoms with Crippen molar-refractivity contribution >= 4 is 11.9 Å². The number of aliphatic carboxylic acids is 1. The Morgan fingerprint density at radius 1 is 1.37 bits per heavy atom. The van der Waals surface area contributed by atoms with Crippen molar-refractivity contribution in [3.8, 4) is 0 Å². The highest BCUT2D eigenvalue weighted by molar-refractivity contribution is 5.89. The standard InChI is InChI=1S/C13H21NO5/c15-12(10-7-11(10)13(16)17)14-4-2-5-18-8-9-3-1-6-19-9/h9-11H,1-8H2,(H,14,15)(H,16,17)/t9?,10-,11+/m1/s1. The van der Waals surface area contributed by atoms with Crippen LogP contribution in [0.1, 0.15) is 25.7 Å². The Hall–Kier alpha value is -1.14. The number of carboxylic acid groups (broad SMARTS) is 1. The van der Waals surface area contributed by atoms with Crippen LogP contribution in [0.2, 0.25) is 0 Å². The molecule has 6 nitrogen and oxygen atoms in total. The van der Waals surface area contributed by atoms with Crippen LogP contribution in [-0.2, 0) is 19.1 Å². The SMILES string of the molecule is O=C(O)[C@H]1C[C@H]1C(=O)NCCCOCC1CCCO1. The maximum Gasteiger partial charge on any atom is 0.307 e. The first-order valence-corrected chi connectivity index (χ1v) is 6.88. The summed E-state index contributed by atoms with van der Waals surface area (Å²) < 4.78 is 10.9. The van der Waals surface area contributed by atoms with Crippen molar-refractivity contribution in [2.24, 2.45) is 11.8 Å². The van der Waals surface area contributed by atoms with Crippen LogP contribution in [0.4, 0.5) is 0 Å². The molecule has 108 valence electrons. The lowest BCUT2D eigenvalue weighted by Gasteiger charge is -2.10. The van der Waals surface area contributed by atoms with Crippen LogP contribution in [0, 0.1) is 11.8 Å². The molecule has 6 heteroatoms. The molecule has 0 bridgehead atoms. The second-order valence-electron chi connectivity index (χ2n) is 5.14. The first-order chi connectivity index (χ1) is 9.18. The number of nitrogens with one attached hydrogen (secondary N) is 1. The van der Waals surface area contributed by atoms with E-state index in [0.29, 0.717) is 26.2 Å². The summed E-state index contributed by atoms with van der Waals surface area (Å²) >= 11 is 0. The molecule has 2 N–H and O–H groups in total. The summed E-state index contributed by atoms with van der Waals surface area (Å²) in [5.41, 5.74) is 0. The van der Waals surface area contributed by atoms with E-state index in [0.717, 1.165) is 25.9 Å². The highest BCUT2D eigenvalue weighted by Gasteiger charge is 2.48. The van der Waals surface area contributed by atoms with Gasteiger partial charge < -0.3 is 19.9 Å². The molecule has 1 heterocycles. The van der Waals surface area contributed by atoms with Gasteiger partial charge in [0.1, 0.15) is 0 Å². The molecule has 1 amide bonds. The van der Waals surface area contributed by atoms with Crippen LogP contribution >= 0.6 is 0 Å². The van der Waals surface area contributed by atoms with Crippen molar-refractivity contribution in [1.29, 1.82) is 0 Å². The Morgan fingerprint density at radius 3 is 2.84 bits per heavy atom. The molecular formula is C13H21NO5. The van der Waals surface area contributed by atoms with Gasteiger partial charge in [0.05, 0.1) is 24.5 Å². The smallest absolute Gasteiger partial charge is 0.307 e. The minimum absolute atomic E-state index is 0.147. The topological polar surface area (TPSA) is 84.9 Å². The summed E-state index contributed by atoms with van der Waals surface area (Å²) in [7, 11) is 0. The van der Waals surface area contributed by atoms with Gasteiger partial charge in [0.25, 0.3) is 0 Å². The van der Waals surface area contributed by atoms with Gasteiger partial charge in [0.2, 0.25) is 5.91 Å². The number of hydrogen-bond donors (Lipinski definition) is 2. The van der Waals surface area contributed by atoms with Gasteiger partial charge in [-0.05, 0) is 25.7 Å². The normalized spacial score (nSPS) is 29.2. The first-order valence-electron chi connectivity index (χ1n) is 6.88. The van der Waals surface area contributed by atoms with Crippen molar-refractivity contribution in [3.05, 3.63) is 0 Å². The molecule has 1 unspecified atom stereocenters. The summed E-state index contributed by atoms with van der Waals surface area (Å²) in [6, 6.07) is 0. The van der Waals surface area contributed by atoms with Crippen molar-refractivity contribution in [2.45, 2.75) is 31.8 Å². The molecule has 0 radical (unpaired) electrons. The number of carbonyl (C=O) groups excluding carboxylic acids is 1. The summed E-state index contributed by atoms with van der Waals surface area (Å²) in [5.74, 6) is -1.83. The van der Waals surface area contributed by atoms with E-state index < -0.39 is 11.9 Å². The fraction of sp³-hybridized carbons (Fsp3) is 0.846. The van der Waals surface area contributed by atoms with Gasteiger partial charge in [-0.1, -0.05) is 0 Å². The summed E-state index contributed by atoms with van der Waals surface area (Å²) in [4.78, 5) is 22.1. The monoisotopic (exact) mass is 271 g/mol. The number of hydrogen-bond acceptors (Lipinski definition) is 4. The molecule has 19 heavy (non-hydrogen) atoms. The number of rotatable bonds is 8. The number of ether oxygens (including phenoxy) is 2. The zero-order valence-electron chi connectivity index (χ0n) is 11.0. The molecule has 2 rings (SSSR count). The Kier molecular flexibility index (Phi) is 5.15. The Bertz CT molecular complexity index is 327. The lowest BCUT2D eigenvalue weighted by molar-refractivity contribution is -0.140. The van der Waals surface area contributed by atoms with E-state index in [1.54, 1.807) is 0 Å². The van der Waals surface area contributed by atoms with E-state index >= 15 is 0 Å². The van der Waals surface area contributed by atoms with E-state index in [4.69, 9.17) is 14.6 Å². The molecule has 2 fully saturated rings. The lowest BCUT2D eigenvalue weighted by atomic mass is 10.2. The van der Waals surface area contributed by atoms with Crippen LogP contribution < -0.4 is 5.32 Å². The molecular weight excluding hydrogens is 250 g/mol. The molecule has 1 aliphatic heterocycles. The predicted octanol–water partition coefficient (Wildman–Crippen LogP) is 0.409. The highest BCUT2D eigenvalue weighted by atomic mass is 16.5. The quantitative estimate of drug-likeness (QED) is 0.625. The van der Waals surface area contributed by atoms with E-state index in [-0.39, 0.29) is 17.9 Å². The van der Waals surface area contributed by atoms with E-state index in [9.17, 15) is 9.59 Å². The van der Waals surface area contributed by atoms with Crippen molar-refractivity contribution in [1.82, 2.24) is 5.32 Å². The third-order valence-corrected chi connectivity index (χ3v) is 3.54. The van der Waals surface area contributed by atoms with Crippen molar-refractivity contribution < 1.29 is 24.2 Å². The number of carboxylic acids is 1. The molecule has 3 atom stereocenters. The molecule has 0 aromatic rings. The van der Waals surface area contributed by atoms with Crippen LogP contribution in [0.15, 0.2) is 0 Å². The Morgan fingerprint density at radius 2 is 2.21 bits per heavy atom. The van der Waals surface area contributed by atoms with Gasteiger partial charge in [0, 0.05) is 19.8 Å². The molecule has 2 aliphatic rings. The zero-order chi connectivity index (χ0) is 13.7. The maximum atomic E-state index is 11.5. The van der Waals surface area contributed by atoms with Gasteiger partial charge in [-0.2, -0.15) is 0 Å². The minimum Gasteiger partial charge on any atom is -0.481 e. The van der Waals surface area contributed by atoms with E-state index in [1.807, 2.05) is 0 Å². The number of carbonyl (C=O) groups is 2. The molecule has 0 aromatic heterocycles. The highest BCUT2D eigenvalue weighted by Crippen LogP contribution is 2.38. The van der Waals surface area contributed by atoms with Crippen LogP contribution in [0.25, 0.3) is 0 Å².